The van der Waals surface area contributed by atoms with Gasteiger partial charge < -0.3 is 9.47 Å². The van der Waals surface area contributed by atoms with Crippen molar-refractivity contribution in [2.75, 3.05) is 13.5 Å². The van der Waals surface area contributed by atoms with E-state index in [1.165, 1.54) is 0 Å². The van der Waals surface area contributed by atoms with E-state index in [1.54, 1.807) is 0 Å². The molecule has 16 heavy (non-hydrogen) atoms. The van der Waals surface area contributed by atoms with Crippen molar-refractivity contribution in [2.45, 2.75) is 24.8 Å². The second kappa shape index (κ2) is 5.62. The summed E-state index contributed by atoms with van der Waals surface area (Å²) in [5, 5.41) is 0. The molecule has 0 aromatic heterocycles. The zero-order valence-electron chi connectivity index (χ0n) is 7.41. The Kier molecular flexibility index (Phi) is 5.39. The van der Waals surface area contributed by atoms with Gasteiger partial charge in [0.25, 0.3) is 6.36 Å². The van der Waals surface area contributed by atoms with E-state index in [-0.39, 0.29) is 0 Å². The average Bonchev–Trinajstić information content (AvgIpc) is 2.08. The highest BCUT2D eigenvalue weighted by Crippen LogP contribution is 2.26. The van der Waals surface area contributed by atoms with Crippen LogP contribution in [0.4, 0.5) is 35.1 Å². The van der Waals surface area contributed by atoms with Crippen LogP contribution in [0.5, 0.6) is 0 Å². The lowest BCUT2D eigenvalue weighted by Gasteiger charge is -2.19. The first-order valence-corrected chi connectivity index (χ1v) is 3.65. The predicted octanol–water partition coefficient (Wildman–Crippen LogP) is 2.74. The fourth-order valence-electron chi connectivity index (χ4n) is 0.502. The van der Waals surface area contributed by atoms with Crippen molar-refractivity contribution in [1.82, 2.24) is 0 Å². The number of halogens is 8. The standard InChI is InChI=1S/C6H6F8O2/c7-1-3(5(9,10)11)15-2-16-4(8)6(12,13)14/h3-4H,1-2H2. The van der Waals surface area contributed by atoms with Crippen LogP contribution in [0.3, 0.4) is 0 Å². The third-order valence-corrected chi connectivity index (χ3v) is 1.25. The van der Waals surface area contributed by atoms with Crippen molar-refractivity contribution in [3.05, 3.63) is 0 Å². The van der Waals surface area contributed by atoms with Gasteiger partial charge in [-0.05, 0) is 0 Å². The van der Waals surface area contributed by atoms with Gasteiger partial charge in [0.05, 0.1) is 0 Å². The fraction of sp³-hybridized carbons (Fsp3) is 1.00. The van der Waals surface area contributed by atoms with Gasteiger partial charge >= 0.3 is 12.4 Å². The zero-order valence-corrected chi connectivity index (χ0v) is 7.41. The molecule has 0 rings (SSSR count). The van der Waals surface area contributed by atoms with Gasteiger partial charge in [-0.3, -0.25) is 0 Å². The Morgan fingerprint density at radius 2 is 1.38 bits per heavy atom. The summed E-state index contributed by atoms with van der Waals surface area (Å²) in [6.07, 6.45) is -17.2. The minimum Gasteiger partial charge on any atom is -0.340 e. The molecule has 2 nitrogen and oxygen atoms in total. The van der Waals surface area contributed by atoms with Gasteiger partial charge in [-0.25, -0.2) is 8.78 Å². The molecular formula is C6H6F8O2. The molecule has 0 amide bonds. The summed E-state index contributed by atoms with van der Waals surface area (Å²) < 4.78 is 100. The summed E-state index contributed by atoms with van der Waals surface area (Å²) in [4.78, 5) is 0. The molecule has 10 heteroatoms. The summed E-state index contributed by atoms with van der Waals surface area (Å²) in [5.74, 6) is 0. The second-order valence-electron chi connectivity index (χ2n) is 2.49. The molecular weight excluding hydrogens is 256 g/mol. The Bertz CT molecular complexity index is 200. The largest absolute Gasteiger partial charge is 0.445 e. The van der Waals surface area contributed by atoms with Crippen LogP contribution < -0.4 is 0 Å². The molecule has 0 saturated carbocycles. The number of ether oxygens (including phenoxy) is 2. The molecule has 0 aliphatic heterocycles. The quantitative estimate of drug-likeness (QED) is 0.560. The van der Waals surface area contributed by atoms with Crippen molar-refractivity contribution in [3.63, 3.8) is 0 Å². The van der Waals surface area contributed by atoms with Crippen molar-refractivity contribution < 1.29 is 44.6 Å². The van der Waals surface area contributed by atoms with E-state index < -0.39 is 38.3 Å². The zero-order chi connectivity index (χ0) is 13.0. The second-order valence-corrected chi connectivity index (χ2v) is 2.49. The van der Waals surface area contributed by atoms with Crippen molar-refractivity contribution in [3.8, 4) is 0 Å². The number of hydrogen-bond donors (Lipinski definition) is 0. The van der Waals surface area contributed by atoms with Gasteiger partial charge in [0, 0.05) is 0 Å². The minimum atomic E-state index is -5.37. The molecule has 0 bridgehead atoms. The maximum atomic E-state index is 12.0. The third-order valence-electron chi connectivity index (χ3n) is 1.25. The SMILES string of the molecule is FCC(OCOC(F)C(F)(F)F)C(F)(F)F. The topological polar surface area (TPSA) is 18.5 Å². The van der Waals surface area contributed by atoms with E-state index in [1.807, 2.05) is 0 Å². The molecule has 2 atom stereocenters. The van der Waals surface area contributed by atoms with E-state index in [2.05, 4.69) is 9.47 Å². The van der Waals surface area contributed by atoms with Crippen LogP contribution in [0.15, 0.2) is 0 Å². The van der Waals surface area contributed by atoms with Crippen LogP contribution in [-0.4, -0.2) is 38.3 Å². The molecule has 0 fully saturated rings. The molecule has 0 heterocycles. The average molecular weight is 262 g/mol. The molecule has 0 spiro atoms. The Morgan fingerprint density at radius 3 is 1.69 bits per heavy atom. The van der Waals surface area contributed by atoms with Gasteiger partial charge in [-0.15, -0.1) is 0 Å². The maximum absolute atomic E-state index is 12.0. The van der Waals surface area contributed by atoms with Crippen molar-refractivity contribution in [2.24, 2.45) is 0 Å². The van der Waals surface area contributed by atoms with E-state index in [0.29, 0.717) is 0 Å². The Balaban J connectivity index is 3.98. The lowest BCUT2D eigenvalue weighted by Crippen LogP contribution is -2.36. The van der Waals surface area contributed by atoms with Gasteiger partial charge in [-0.2, -0.15) is 26.3 Å². The monoisotopic (exact) mass is 262 g/mol. The van der Waals surface area contributed by atoms with Gasteiger partial charge in [0.15, 0.2) is 12.9 Å². The lowest BCUT2D eigenvalue weighted by atomic mass is 10.4. The van der Waals surface area contributed by atoms with Crippen LogP contribution in [0.2, 0.25) is 0 Å². The first kappa shape index (κ1) is 15.4. The maximum Gasteiger partial charge on any atom is 0.445 e. The summed E-state index contributed by atoms with van der Waals surface area (Å²) in [7, 11) is 0. The molecule has 0 N–H and O–H groups in total. The molecule has 98 valence electrons. The lowest BCUT2D eigenvalue weighted by molar-refractivity contribution is -0.306. The van der Waals surface area contributed by atoms with Gasteiger partial charge in [0.1, 0.15) is 6.67 Å². The molecule has 0 aromatic rings. The molecule has 0 radical (unpaired) electrons. The van der Waals surface area contributed by atoms with Crippen LogP contribution >= 0.6 is 0 Å². The molecule has 0 saturated heterocycles. The summed E-state index contributed by atoms with van der Waals surface area (Å²) in [6, 6.07) is 0. The highest BCUT2D eigenvalue weighted by molar-refractivity contribution is 4.65. The van der Waals surface area contributed by atoms with Gasteiger partial charge in [-0.1, -0.05) is 0 Å². The third kappa shape index (κ3) is 5.45. The highest BCUT2D eigenvalue weighted by Gasteiger charge is 2.43. The van der Waals surface area contributed by atoms with E-state index in [4.69, 9.17) is 0 Å². The van der Waals surface area contributed by atoms with Crippen LogP contribution in [0.1, 0.15) is 0 Å². The Labute approximate surface area is 84.1 Å². The van der Waals surface area contributed by atoms with Crippen molar-refractivity contribution >= 4 is 0 Å². The Hall–Kier alpha value is -0.640. The molecule has 0 aliphatic rings. The number of hydrogen-bond acceptors (Lipinski definition) is 2. The summed E-state index contributed by atoms with van der Waals surface area (Å²) >= 11 is 0. The normalized spacial score (nSPS) is 17.2. The van der Waals surface area contributed by atoms with Crippen LogP contribution in [0.25, 0.3) is 0 Å². The van der Waals surface area contributed by atoms with Crippen molar-refractivity contribution in [1.29, 1.82) is 0 Å². The Morgan fingerprint density at radius 1 is 0.875 bits per heavy atom. The number of alkyl halides is 8. The minimum absolute atomic E-state index is 1.66. The first-order valence-electron chi connectivity index (χ1n) is 3.65. The van der Waals surface area contributed by atoms with E-state index in [0.717, 1.165) is 0 Å². The van der Waals surface area contributed by atoms with Gasteiger partial charge in [0.2, 0.25) is 0 Å². The highest BCUT2D eigenvalue weighted by atomic mass is 19.4. The van der Waals surface area contributed by atoms with E-state index in [9.17, 15) is 35.1 Å². The van der Waals surface area contributed by atoms with E-state index >= 15 is 0 Å². The molecule has 0 aliphatic carbocycles. The number of rotatable bonds is 5. The van der Waals surface area contributed by atoms with Crippen LogP contribution in [-0.2, 0) is 9.47 Å². The van der Waals surface area contributed by atoms with Crippen LogP contribution in [0, 0.1) is 0 Å². The summed E-state index contributed by atoms with van der Waals surface area (Å²) in [5.41, 5.74) is 0. The molecule has 2 unspecified atom stereocenters. The predicted molar refractivity (Wildman–Crippen MR) is 33.8 cm³/mol. The first-order chi connectivity index (χ1) is 7.09. The summed E-state index contributed by atoms with van der Waals surface area (Å²) in [6.45, 7) is -3.66. The molecule has 0 aromatic carbocycles. The smallest absolute Gasteiger partial charge is 0.340 e. The fourth-order valence-corrected chi connectivity index (χ4v) is 0.502.